The van der Waals surface area contributed by atoms with Gasteiger partial charge in [0.2, 0.25) is 0 Å². The number of aliphatic hydroxyl groups is 1. The number of fused-ring (bicyclic) bond motifs is 1. The van der Waals surface area contributed by atoms with Crippen LogP contribution in [0.1, 0.15) is 28.4 Å². The minimum atomic E-state index is -3.10. The van der Waals surface area contributed by atoms with Crippen molar-refractivity contribution in [3.8, 4) is 5.75 Å². The number of aromatic hydroxyl groups is 1. The third-order valence-corrected chi connectivity index (χ3v) is 5.54. The summed E-state index contributed by atoms with van der Waals surface area (Å²) in [6, 6.07) is 3.59. The number of anilines is 1. The van der Waals surface area contributed by atoms with Gasteiger partial charge in [0.15, 0.2) is 5.65 Å². The number of benzene rings is 1. The first-order valence-electron chi connectivity index (χ1n) is 9.68. The highest BCUT2D eigenvalue weighted by molar-refractivity contribution is 6.18. The number of carbonyl (C=O) groups excluding carboxylic acids is 1. The highest BCUT2D eigenvalue weighted by atomic mass is 35.5. The molecule has 0 radical (unpaired) electrons. The Kier molecular flexibility index (Phi) is 5.87. The van der Waals surface area contributed by atoms with Gasteiger partial charge in [-0.15, -0.1) is 11.6 Å². The van der Waals surface area contributed by atoms with E-state index in [1.54, 1.807) is 0 Å². The van der Waals surface area contributed by atoms with E-state index in [-0.39, 0.29) is 40.8 Å². The van der Waals surface area contributed by atoms with Crippen LogP contribution in [-0.2, 0) is 0 Å². The second-order valence-electron chi connectivity index (χ2n) is 7.54. The maximum atomic E-state index is 14.4. The minimum absolute atomic E-state index is 0.0189. The van der Waals surface area contributed by atoms with E-state index < -0.39 is 42.8 Å². The van der Waals surface area contributed by atoms with Gasteiger partial charge in [0.05, 0.1) is 30.8 Å². The average molecular weight is 470 g/mol. The SMILES string of the molecule is O=C(NCC(O)CCl)c1cnn2ccc(N3CC(F)(F)CC3c3cc(F)ccc3O)nc12. The van der Waals surface area contributed by atoms with Gasteiger partial charge < -0.3 is 20.4 Å². The summed E-state index contributed by atoms with van der Waals surface area (Å²) in [5.74, 6) is -4.59. The summed E-state index contributed by atoms with van der Waals surface area (Å²) in [5, 5.41) is 26.2. The maximum Gasteiger partial charge on any atom is 0.267 e. The molecule has 4 rings (SSSR count). The molecule has 1 aliphatic rings. The zero-order chi connectivity index (χ0) is 23.0. The first-order valence-corrected chi connectivity index (χ1v) is 10.2. The topological polar surface area (TPSA) is 103 Å². The van der Waals surface area contributed by atoms with E-state index in [9.17, 15) is 28.2 Å². The molecule has 2 atom stereocenters. The Morgan fingerprint density at radius 1 is 1.38 bits per heavy atom. The molecule has 1 amide bonds. The first-order chi connectivity index (χ1) is 15.2. The largest absolute Gasteiger partial charge is 0.508 e. The van der Waals surface area contributed by atoms with Gasteiger partial charge in [0, 0.05) is 24.7 Å². The summed E-state index contributed by atoms with van der Waals surface area (Å²) < 4.78 is 43.8. The van der Waals surface area contributed by atoms with Crippen molar-refractivity contribution >= 4 is 29.0 Å². The van der Waals surface area contributed by atoms with E-state index >= 15 is 0 Å². The molecule has 1 saturated heterocycles. The van der Waals surface area contributed by atoms with Crippen LogP contribution in [0.5, 0.6) is 5.75 Å². The van der Waals surface area contributed by atoms with Crippen LogP contribution in [0.2, 0.25) is 0 Å². The molecule has 0 spiro atoms. The van der Waals surface area contributed by atoms with Crippen LogP contribution in [-0.4, -0.2) is 61.7 Å². The molecule has 1 aliphatic heterocycles. The molecule has 12 heteroatoms. The number of nitrogens with one attached hydrogen (secondary N) is 1. The molecule has 0 aliphatic carbocycles. The van der Waals surface area contributed by atoms with Gasteiger partial charge in [0.25, 0.3) is 11.8 Å². The van der Waals surface area contributed by atoms with E-state index in [2.05, 4.69) is 15.4 Å². The number of aromatic nitrogens is 3. The van der Waals surface area contributed by atoms with Crippen molar-refractivity contribution in [1.82, 2.24) is 19.9 Å². The fourth-order valence-electron chi connectivity index (χ4n) is 3.67. The van der Waals surface area contributed by atoms with Crippen molar-refractivity contribution in [2.75, 3.05) is 23.9 Å². The van der Waals surface area contributed by atoms with Gasteiger partial charge in [-0.3, -0.25) is 4.79 Å². The molecule has 1 fully saturated rings. The number of amides is 1. The van der Waals surface area contributed by atoms with Crippen LogP contribution in [0, 0.1) is 5.82 Å². The van der Waals surface area contributed by atoms with Gasteiger partial charge in [-0.2, -0.15) is 5.10 Å². The lowest BCUT2D eigenvalue weighted by Crippen LogP contribution is -2.33. The molecule has 8 nitrogen and oxygen atoms in total. The van der Waals surface area contributed by atoms with Gasteiger partial charge >= 0.3 is 0 Å². The Hall–Kier alpha value is -3.05. The van der Waals surface area contributed by atoms with Crippen LogP contribution >= 0.6 is 11.6 Å². The maximum absolute atomic E-state index is 14.4. The lowest BCUT2D eigenvalue weighted by Gasteiger charge is -2.26. The summed E-state index contributed by atoms with van der Waals surface area (Å²) in [4.78, 5) is 18.1. The van der Waals surface area contributed by atoms with Crippen molar-refractivity contribution in [2.45, 2.75) is 24.5 Å². The number of alkyl halides is 3. The number of aliphatic hydroxyl groups excluding tert-OH is 1. The molecular formula is C20H19ClF3N5O3. The van der Waals surface area contributed by atoms with Gasteiger partial charge in [-0.25, -0.2) is 22.7 Å². The molecule has 170 valence electrons. The predicted molar refractivity (Wildman–Crippen MR) is 110 cm³/mol. The molecule has 0 saturated carbocycles. The number of hydrogen-bond donors (Lipinski definition) is 3. The third-order valence-electron chi connectivity index (χ3n) is 5.19. The van der Waals surface area contributed by atoms with Crippen molar-refractivity contribution < 1.29 is 28.2 Å². The number of hydrogen-bond acceptors (Lipinski definition) is 6. The molecule has 32 heavy (non-hydrogen) atoms. The summed E-state index contributed by atoms with van der Waals surface area (Å²) >= 11 is 5.52. The summed E-state index contributed by atoms with van der Waals surface area (Å²) in [5.41, 5.74) is 0.202. The second-order valence-corrected chi connectivity index (χ2v) is 7.85. The lowest BCUT2D eigenvalue weighted by atomic mass is 10.0. The molecule has 0 bridgehead atoms. The smallest absolute Gasteiger partial charge is 0.267 e. The van der Waals surface area contributed by atoms with E-state index in [1.807, 2.05) is 0 Å². The number of halogens is 4. The molecule has 2 unspecified atom stereocenters. The van der Waals surface area contributed by atoms with Crippen LogP contribution < -0.4 is 10.2 Å². The molecule has 2 aromatic heterocycles. The van der Waals surface area contributed by atoms with Crippen molar-refractivity contribution in [2.24, 2.45) is 0 Å². The molecule has 3 N–H and O–H groups in total. The Morgan fingerprint density at radius 2 is 2.16 bits per heavy atom. The fraction of sp³-hybridized carbons (Fsp3) is 0.350. The van der Waals surface area contributed by atoms with Crippen LogP contribution in [0.15, 0.2) is 36.7 Å². The highest BCUT2D eigenvalue weighted by Gasteiger charge is 2.47. The van der Waals surface area contributed by atoms with Crippen LogP contribution in [0.25, 0.3) is 5.65 Å². The normalized spacial score (nSPS) is 18.8. The van der Waals surface area contributed by atoms with Crippen molar-refractivity contribution in [1.29, 1.82) is 0 Å². The molecule has 1 aromatic carbocycles. The Balaban J connectivity index is 1.70. The lowest BCUT2D eigenvalue weighted by molar-refractivity contribution is 0.0222. The van der Waals surface area contributed by atoms with Crippen molar-refractivity contribution in [3.05, 3.63) is 53.6 Å². The monoisotopic (exact) mass is 469 g/mol. The highest BCUT2D eigenvalue weighted by Crippen LogP contribution is 2.45. The fourth-order valence-corrected chi connectivity index (χ4v) is 3.78. The van der Waals surface area contributed by atoms with Gasteiger partial charge in [-0.05, 0) is 24.3 Å². The first kappa shape index (κ1) is 22.2. The zero-order valence-electron chi connectivity index (χ0n) is 16.6. The third kappa shape index (κ3) is 4.30. The van der Waals surface area contributed by atoms with Gasteiger partial charge in [0.1, 0.15) is 22.9 Å². The average Bonchev–Trinajstić information content (AvgIpc) is 3.33. The van der Waals surface area contributed by atoms with Crippen LogP contribution in [0.4, 0.5) is 19.0 Å². The quantitative estimate of drug-likeness (QED) is 0.479. The number of phenolic OH excluding ortho intramolecular Hbond substituents is 1. The van der Waals surface area contributed by atoms with Crippen molar-refractivity contribution in [3.63, 3.8) is 0 Å². The second kappa shape index (κ2) is 8.47. The van der Waals surface area contributed by atoms with E-state index in [0.717, 1.165) is 18.2 Å². The predicted octanol–water partition coefficient (Wildman–Crippen LogP) is 2.49. The summed E-state index contributed by atoms with van der Waals surface area (Å²) in [6.07, 6.45) is 1.15. The summed E-state index contributed by atoms with van der Waals surface area (Å²) in [7, 11) is 0. The van der Waals surface area contributed by atoms with E-state index in [1.165, 1.54) is 27.9 Å². The number of carbonyl (C=O) groups is 1. The number of nitrogens with zero attached hydrogens (tertiary/aromatic N) is 4. The Bertz CT molecular complexity index is 1160. The standard InChI is InChI=1S/C20H19ClF3N5O3/c21-7-12(30)8-25-19(32)14-9-26-29-4-3-17(27-18(14)29)28-10-20(23,24)6-15(28)13-5-11(22)1-2-16(13)31/h1-5,9,12,15,30-31H,6-8,10H2,(H,25,32). The molecule has 3 aromatic rings. The van der Waals surface area contributed by atoms with Gasteiger partial charge in [-0.1, -0.05) is 0 Å². The summed E-state index contributed by atoms with van der Waals surface area (Å²) in [6.45, 7) is -0.785. The Morgan fingerprint density at radius 3 is 2.91 bits per heavy atom. The minimum Gasteiger partial charge on any atom is -0.508 e. The molecular weight excluding hydrogens is 451 g/mol. The van der Waals surface area contributed by atoms with E-state index in [4.69, 9.17) is 11.6 Å². The molecule has 3 heterocycles. The number of rotatable bonds is 6. The van der Waals surface area contributed by atoms with E-state index in [0.29, 0.717) is 0 Å². The Labute approximate surface area is 185 Å². The van der Waals surface area contributed by atoms with Crippen LogP contribution in [0.3, 0.4) is 0 Å². The number of phenols is 1. The zero-order valence-corrected chi connectivity index (χ0v) is 17.3.